The van der Waals surface area contributed by atoms with Crippen molar-refractivity contribution < 1.29 is 13.6 Å². The van der Waals surface area contributed by atoms with E-state index in [2.05, 4.69) is 23.6 Å². The van der Waals surface area contributed by atoms with Gasteiger partial charge >= 0.3 is 0 Å². The third kappa shape index (κ3) is 3.17. The fraction of sp³-hybridized carbons (Fsp3) is 0.667. The number of carbonyl (C=O) groups excluding carboxylic acids is 1. The van der Waals surface area contributed by atoms with Gasteiger partial charge in [0.1, 0.15) is 0 Å². The molecule has 4 fully saturated rings. The number of piperidine rings is 3. The molecule has 1 aromatic carbocycles. The van der Waals surface area contributed by atoms with Crippen LogP contribution in [0.5, 0.6) is 0 Å². The van der Waals surface area contributed by atoms with Crippen molar-refractivity contribution in [3.63, 3.8) is 0 Å². The van der Waals surface area contributed by atoms with Gasteiger partial charge in [-0.15, -0.1) is 0 Å². The Morgan fingerprint density at radius 2 is 1.85 bits per heavy atom. The number of fused-ring (bicyclic) bond motifs is 2. The number of likely N-dealkylation sites (tertiary alicyclic amines) is 1. The van der Waals surface area contributed by atoms with E-state index < -0.39 is 11.6 Å². The lowest BCUT2D eigenvalue weighted by Crippen LogP contribution is -2.61. The summed E-state index contributed by atoms with van der Waals surface area (Å²) >= 11 is 0. The second-order valence-corrected chi connectivity index (χ2v) is 8.11. The minimum absolute atomic E-state index is 0.106. The highest BCUT2D eigenvalue weighted by molar-refractivity contribution is 5.79. The molecule has 5 rings (SSSR count). The van der Waals surface area contributed by atoms with Gasteiger partial charge in [-0.2, -0.15) is 0 Å². The van der Waals surface area contributed by atoms with Crippen molar-refractivity contribution in [3.05, 3.63) is 35.4 Å². The van der Waals surface area contributed by atoms with Crippen LogP contribution >= 0.6 is 0 Å². The van der Waals surface area contributed by atoms with Crippen molar-refractivity contribution in [2.24, 2.45) is 5.92 Å². The van der Waals surface area contributed by atoms with Crippen LogP contribution in [0, 0.1) is 17.6 Å². The van der Waals surface area contributed by atoms with Crippen molar-refractivity contribution >= 4 is 5.91 Å². The maximum Gasteiger partial charge on any atom is 0.237 e. The Labute approximate surface area is 160 Å². The largest absolute Gasteiger partial charge is 0.336 e. The number of halogens is 2. The van der Waals surface area contributed by atoms with E-state index >= 15 is 0 Å². The van der Waals surface area contributed by atoms with Crippen LogP contribution in [-0.4, -0.2) is 72.0 Å². The van der Waals surface area contributed by atoms with Gasteiger partial charge in [0, 0.05) is 18.5 Å². The van der Waals surface area contributed by atoms with Gasteiger partial charge in [-0.3, -0.25) is 14.6 Å². The predicted molar refractivity (Wildman–Crippen MR) is 100 cm³/mol. The van der Waals surface area contributed by atoms with Crippen LogP contribution in [0.3, 0.4) is 0 Å². The number of hydrogen-bond donors (Lipinski definition) is 0. The lowest BCUT2D eigenvalue weighted by molar-refractivity contribution is -0.137. The molecule has 4 saturated heterocycles. The number of rotatable bonds is 5. The van der Waals surface area contributed by atoms with Crippen LogP contribution in [-0.2, 0) is 4.79 Å². The van der Waals surface area contributed by atoms with Gasteiger partial charge in [0.25, 0.3) is 0 Å². The molecule has 0 N–H and O–H groups in total. The molecule has 0 aromatic heterocycles. The zero-order valence-electron chi connectivity index (χ0n) is 16.2. The monoisotopic (exact) mass is 377 g/mol. The van der Waals surface area contributed by atoms with Gasteiger partial charge < -0.3 is 4.90 Å². The zero-order valence-corrected chi connectivity index (χ0v) is 16.2. The number of likely N-dealkylation sites (N-methyl/N-ethyl adjacent to an activating group) is 1. The number of amides is 1. The maximum absolute atomic E-state index is 14.6. The number of nitrogens with zero attached hydrogens (tertiary/aromatic N) is 3. The Bertz CT molecular complexity index is 701. The molecule has 0 unspecified atom stereocenters. The fourth-order valence-corrected chi connectivity index (χ4v) is 5.51. The Balaban J connectivity index is 1.66. The Morgan fingerprint density at radius 1 is 1.15 bits per heavy atom. The smallest absolute Gasteiger partial charge is 0.237 e. The molecule has 27 heavy (non-hydrogen) atoms. The molecule has 6 heteroatoms. The van der Waals surface area contributed by atoms with E-state index in [9.17, 15) is 13.6 Å². The van der Waals surface area contributed by atoms with Crippen LogP contribution < -0.4 is 0 Å². The number of hydrogen-bond acceptors (Lipinski definition) is 3. The van der Waals surface area contributed by atoms with Gasteiger partial charge in [-0.25, -0.2) is 8.78 Å². The third-order valence-corrected chi connectivity index (χ3v) is 6.95. The summed E-state index contributed by atoms with van der Waals surface area (Å²) in [5.41, 5.74) is 0.427. The first kappa shape index (κ1) is 18.8. The van der Waals surface area contributed by atoms with Gasteiger partial charge in [0.2, 0.25) is 5.91 Å². The summed E-state index contributed by atoms with van der Waals surface area (Å²) in [6, 6.07) is 4.68. The van der Waals surface area contributed by atoms with Crippen LogP contribution in [0.1, 0.15) is 38.2 Å². The van der Waals surface area contributed by atoms with Crippen molar-refractivity contribution in [3.8, 4) is 0 Å². The number of carbonyl (C=O) groups is 1. The number of benzene rings is 1. The fourth-order valence-electron chi connectivity index (χ4n) is 5.51. The summed E-state index contributed by atoms with van der Waals surface area (Å²) in [5.74, 6) is -1.10. The van der Waals surface area contributed by atoms with E-state index in [1.165, 1.54) is 6.07 Å². The molecule has 148 valence electrons. The van der Waals surface area contributed by atoms with Gasteiger partial charge in [0.05, 0.1) is 12.6 Å². The summed E-state index contributed by atoms with van der Waals surface area (Å²) in [6.45, 7) is 8.67. The normalized spacial score (nSPS) is 32.2. The Hall–Kier alpha value is -1.53. The SMILES string of the molecule is CCN(CC)CC(=O)N1C[C@@H](c2cccc(F)c2F)[C@@H]2[C@H]1C1CCN2CC1. The molecule has 1 aromatic rings. The highest BCUT2D eigenvalue weighted by Gasteiger charge is 2.55. The molecule has 0 saturated carbocycles. The molecule has 2 bridgehead atoms. The topological polar surface area (TPSA) is 26.8 Å². The maximum atomic E-state index is 14.6. The predicted octanol–water partition coefficient (Wildman–Crippen LogP) is 2.70. The average Bonchev–Trinajstić information content (AvgIpc) is 3.12. The summed E-state index contributed by atoms with van der Waals surface area (Å²) < 4.78 is 28.5. The second kappa shape index (κ2) is 7.47. The quantitative estimate of drug-likeness (QED) is 0.789. The lowest BCUT2D eigenvalue weighted by Gasteiger charge is -2.51. The van der Waals surface area contributed by atoms with Crippen LogP contribution in [0.25, 0.3) is 0 Å². The standard InChI is InChI=1S/C21H29F2N3O/c1-3-24(4-2)13-18(27)26-12-16(15-6-5-7-17(22)19(15)23)21-20(26)14-8-10-25(21)11-9-14/h5-7,14,16,20-21H,3-4,8-13H2,1-2H3/t16-,20+,21+/m0/s1. The van der Waals surface area contributed by atoms with Gasteiger partial charge in [-0.1, -0.05) is 26.0 Å². The minimum atomic E-state index is -0.798. The van der Waals surface area contributed by atoms with Gasteiger partial charge in [0.15, 0.2) is 11.6 Å². The minimum Gasteiger partial charge on any atom is -0.336 e. The highest BCUT2D eigenvalue weighted by atomic mass is 19.2. The van der Waals surface area contributed by atoms with Crippen LogP contribution in [0.4, 0.5) is 8.78 Å². The van der Waals surface area contributed by atoms with Crippen molar-refractivity contribution in [1.82, 2.24) is 14.7 Å². The van der Waals surface area contributed by atoms with E-state index in [1.54, 1.807) is 12.1 Å². The molecule has 4 heterocycles. The first-order valence-electron chi connectivity index (χ1n) is 10.2. The molecular weight excluding hydrogens is 348 g/mol. The Morgan fingerprint density at radius 3 is 2.52 bits per heavy atom. The molecule has 4 nitrogen and oxygen atoms in total. The van der Waals surface area contributed by atoms with E-state index in [4.69, 9.17) is 0 Å². The summed E-state index contributed by atoms with van der Waals surface area (Å²) in [6.07, 6.45) is 2.18. The lowest BCUT2D eigenvalue weighted by atomic mass is 9.75. The van der Waals surface area contributed by atoms with E-state index in [-0.39, 0.29) is 23.9 Å². The van der Waals surface area contributed by atoms with E-state index in [0.717, 1.165) is 39.0 Å². The second-order valence-electron chi connectivity index (χ2n) is 8.11. The molecule has 1 amide bonds. The molecule has 3 atom stereocenters. The molecule has 0 spiro atoms. The van der Waals surface area contributed by atoms with Crippen molar-refractivity contribution in [2.45, 2.75) is 44.7 Å². The molecular formula is C21H29F2N3O. The zero-order chi connectivity index (χ0) is 19.1. The third-order valence-electron chi connectivity index (χ3n) is 6.95. The highest BCUT2D eigenvalue weighted by Crippen LogP contribution is 2.47. The first-order chi connectivity index (χ1) is 13.0. The van der Waals surface area contributed by atoms with Crippen molar-refractivity contribution in [2.75, 3.05) is 39.3 Å². The summed E-state index contributed by atoms with van der Waals surface area (Å²) in [4.78, 5) is 19.7. The van der Waals surface area contributed by atoms with Crippen LogP contribution in [0.2, 0.25) is 0 Å². The molecule has 0 aliphatic carbocycles. The van der Waals surface area contributed by atoms with E-state index in [0.29, 0.717) is 24.6 Å². The Kier molecular flexibility index (Phi) is 5.21. The summed E-state index contributed by atoms with van der Waals surface area (Å²) in [5, 5.41) is 0. The van der Waals surface area contributed by atoms with Gasteiger partial charge in [-0.05, 0) is 56.6 Å². The first-order valence-corrected chi connectivity index (χ1v) is 10.2. The molecule has 4 aliphatic heterocycles. The molecule has 0 radical (unpaired) electrons. The summed E-state index contributed by atoms with van der Waals surface area (Å²) in [7, 11) is 0. The average molecular weight is 377 g/mol. The van der Waals surface area contributed by atoms with E-state index in [1.807, 2.05) is 4.90 Å². The molecule has 4 aliphatic rings. The van der Waals surface area contributed by atoms with Crippen LogP contribution in [0.15, 0.2) is 18.2 Å². The van der Waals surface area contributed by atoms with Crippen molar-refractivity contribution in [1.29, 1.82) is 0 Å².